The van der Waals surface area contributed by atoms with Gasteiger partial charge < -0.3 is 10.3 Å². The summed E-state index contributed by atoms with van der Waals surface area (Å²) in [6.07, 6.45) is 5.75. The number of benzene rings is 1. The van der Waals surface area contributed by atoms with E-state index in [2.05, 4.69) is 35.5 Å². The van der Waals surface area contributed by atoms with E-state index in [4.69, 9.17) is 5.73 Å². The minimum Gasteiger partial charge on any atom is -0.330 e. The van der Waals surface area contributed by atoms with Gasteiger partial charge in [0.25, 0.3) is 0 Å². The summed E-state index contributed by atoms with van der Waals surface area (Å²) in [6, 6.07) is 4.44. The number of nitrogens with zero attached hydrogens (tertiary/aromatic N) is 2. The van der Waals surface area contributed by atoms with Gasteiger partial charge in [-0.05, 0) is 68.3 Å². The largest absolute Gasteiger partial charge is 0.330 e. The minimum absolute atomic E-state index is 0.459. The van der Waals surface area contributed by atoms with Crippen LogP contribution in [-0.2, 0) is 6.54 Å². The van der Waals surface area contributed by atoms with Crippen LogP contribution in [0.25, 0.3) is 11.0 Å². The molecular weight excluding hydrogens is 222 g/mol. The van der Waals surface area contributed by atoms with E-state index in [1.165, 1.54) is 29.5 Å². The van der Waals surface area contributed by atoms with Crippen LogP contribution in [0.4, 0.5) is 0 Å². The highest BCUT2D eigenvalue weighted by atomic mass is 15.1. The van der Waals surface area contributed by atoms with Crippen molar-refractivity contribution in [1.29, 1.82) is 0 Å². The third kappa shape index (κ3) is 1.93. The Hall–Kier alpha value is -1.35. The van der Waals surface area contributed by atoms with E-state index in [-0.39, 0.29) is 0 Å². The van der Waals surface area contributed by atoms with Crippen LogP contribution in [0.5, 0.6) is 0 Å². The highest BCUT2D eigenvalue weighted by Crippen LogP contribution is 2.50. The van der Waals surface area contributed by atoms with E-state index in [0.717, 1.165) is 25.0 Å². The lowest BCUT2D eigenvalue weighted by Gasteiger charge is -2.15. The SMILES string of the molecule is Cc1cc2ncn(CC3(CCN)CC3)c2cc1C. The van der Waals surface area contributed by atoms with Crippen LogP contribution in [0.3, 0.4) is 0 Å². The molecule has 1 heterocycles. The Morgan fingerprint density at radius 2 is 2.00 bits per heavy atom. The smallest absolute Gasteiger partial charge is 0.0958 e. The van der Waals surface area contributed by atoms with Gasteiger partial charge in [0, 0.05) is 6.54 Å². The van der Waals surface area contributed by atoms with Gasteiger partial charge in [0.1, 0.15) is 0 Å². The summed E-state index contributed by atoms with van der Waals surface area (Å²) in [6.45, 7) is 6.18. The lowest BCUT2D eigenvalue weighted by molar-refractivity contribution is 0.403. The average Bonchev–Trinajstić information content (AvgIpc) is 2.99. The molecule has 1 saturated carbocycles. The summed E-state index contributed by atoms with van der Waals surface area (Å²) in [7, 11) is 0. The molecule has 0 radical (unpaired) electrons. The number of aryl methyl sites for hydroxylation is 2. The van der Waals surface area contributed by atoms with Gasteiger partial charge in [-0.15, -0.1) is 0 Å². The van der Waals surface area contributed by atoms with E-state index < -0.39 is 0 Å². The molecule has 0 aliphatic heterocycles. The molecule has 18 heavy (non-hydrogen) atoms. The van der Waals surface area contributed by atoms with E-state index in [9.17, 15) is 0 Å². The fourth-order valence-corrected chi connectivity index (χ4v) is 2.77. The molecule has 2 N–H and O–H groups in total. The van der Waals surface area contributed by atoms with Gasteiger partial charge in [-0.25, -0.2) is 4.98 Å². The monoisotopic (exact) mass is 243 g/mol. The van der Waals surface area contributed by atoms with Crippen LogP contribution in [0.15, 0.2) is 18.5 Å². The third-order valence-electron chi connectivity index (χ3n) is 4.37. The molecular formula is C15H21N3. The molecule has 1 aromatic heterocycles. The molecule has 0 saturated heterocycles. The molecule has 96 valence electrons. The molecule has 1 fully saturated rings. The zero-order chi connectivity index (χ0) is 12.8. The molecule has 3 rings (SSSR count). The predicted octanol–water partition coefficient (Wildman–Crippen LogP) is 2.78. The Morgan fingerprint density at radius 3 is 2.67 bits per heavy atom. The van der Waals surface area contributed by atoms with Gasteiger partial charge >= 0.3 is 0 Å². The van der Waals surface area contributed by atoms with Crippen molar-refractivity contribution in [1.82, 2.24) is 9.55 Å². The molecule has 0 unspecified atom stereocenters. The molecule has 2 aromatic rings. The summed E-state index contributed by atoms with van der Waals surface area (Å²) in [5.74, 6) is 0. The van der Waals surface area contributed by atoms with Crippen molar-refractivity contribution in [3.63, 3.8) is 0 Å². The van der Waals surface area contributed by atoms with Crippen LogP contribution in [0.2, 0.25) is 0 Å². The van der Waals surface area contributed by atoms with Crippen molar-refractivity contribution in [2.75, 3.05) is 6.54 Å². The Kier molecular flexibility index (Phi) is 2.67. The van der Waals surface area contributed by atoms with E-state index in [1.54, 1.807) is 0 Å². The van der Waals surface area contributed by atoms with Crippen molar-refractivity contribution in [2.45, 2.75) is 39.7 Å². The van der Waals surface area contributed by atoms with Crippen LogP contribution in [0.1, 0.15) is 30.4 Å². The van der Waals surface area contributed by atoms with Crippen molar-refractivity contribution < 1.29 is 0 Å². The Balaban J connectivity index is 1.95. The second-order valence-electron chi connectivity index (χ2n) is 5.84. The van der Waals surface area contributed by atoms with E-state index in [0.29, 0.717) is 5.41 Å². The average molecular weight is 243 g/mol. The molecule has 0 amide bonds. The second kappa shape index (κ2) is 4.09. The predicted molar refractivity (Wildman–Crippen MR) is 74.5 cm³/mol. The molecule has 1 aliphatic rings. The first-order valence-corrected chi connectivity index (χ1v) is 6.76. The summed E-state index contributed by atoms with van der Waals surface area (Å²) in [4.78, 5) is 4.52. The van der Waals surface area contributed by atoms with Crippen molar-refractivity contribution in [3.05, 3.63) is 29.6 Å². The maximum atomic E-state index is 5.72. The third-order valence-corrected chi connectivity index (χ3v) is 4.37. The molecule has 3 nitrogen and oxygen atoms in total. The van der Waals surface area contributed by atoms with E-state index in [1.807, 2.05) is 6.33 Å². The van der Waals surface area contributed by atoms with Crippen molar-refractivity contribution >= 4 is 11.0 Å². The highest BCUT2D eigenvalue weighted by molar-refractivity contribution is 5.77. The highest BCUT2D eigenvalue weighted by Gasteiger charge is 2.42. The number of hydrogen-bond acceptors (Lipinski definition) is 2. The standard InChI is InChI=1S/C15H21N3/c1-11-7-13-14(8-12(11)2)18(10-17-13)9-15(3-4-15)5-6-16/h7-8,10H,3-6,9,16H2,1-2H3. The number of fused-ring (bicyclic) bond motifs is 1. The van der Waals surface area contributed by atoms with E-state index >= 15 is 0 Å². The topological polar surface area (TPSA) is 43.8 Å². The zero-order valence-electron chi connectivity index (χ0n) is 11.2. The second-order valence-corrected chi connectivity index (χ2v) is 5.84. The summed E-state index contributed by atoms with van der Waals surface area (Å²) >= 11 is 0. The quantitative estimate of drug-likeness (QED) is 0.897. The minimum atomic E-state index is 0.459. The van der Waals surface area contributed by atoms with Crippen molar-refractivity contribution in [2.24, 2.45) is 11.1 Å². The van der Waals surface area contributed by atoms with Gasteiger partial charge in [0.15, 0.2) is 0 Å². The number of rotatable bonds is 4. The fraction of sp³-hybridized carbons (Fsp3) is 0.533. The molecule has 0 atom stereocenters. The van der Waals surface area contributed by atoms with Gasteiger partial charge in [-0.3, -0.25) is 0 Å². The summed E-state index contributed by atoms with van der Waals surface area (Å²) < 4.78 is 2.31. The number of imidazole rings is 1. The first kappa shape index (κ1) is 11.7. The molecule has 1 aliphatic carbocycles. The van der Waals surface area contributed by atoms with Crippen LogP contribution >= 0.6 is 0 Å². The first-order chi connectivity index (χ1) is 8.63. The molecule has 0 bridgehead atoms. The molecule has 1 aromatic carbocycles. The van der Waals surface area contributed by atoms with Crippen molar-refractivity contribution in [3.8, 4) is 0 Å². The van der Waals surface area contributed by atoms with Gasteiger partial charge in [-0.1, -0.05) is 0 Å². The Labute approximate surface area is 108 Å². The van der Waals surface area contributed by atoms with Gasteiger partial charge in [0.2, 0.25) is 0 Å². The summed E-state index contributed by atoms with van der Waals surface area (Å²) in [5, 5.41) is 0. The number of nitrogens with two attached hydrogens (primary N) is 1. The van der Waals surface area contributed by atoms with Crippen LogP contribution in [-0.4, -0.2) is 16.1 Å². The Morgan fingerprint density at radius 1 is 1.28 bits per heavy atom. The normalized spacial score (nSPS) is 17.3. The maximum Gasteiger partial charge on any atom is 0.0958 e. The van der Waals surface area contributed by atoms with Gasteiger partial charge in [-0.2, -0.15) is 0 Å². The maximum absolute atomic E-state index is 5.72. The lowest BCUT2D eigenvalue weighted by atomic mass is 10.0. The number of aromatic nitrogens is 2. The fourth-order valence-electron chi connectivity index (χ4n) is 2.77. The molecule has 0 spiro atoms. The lowest BCUT2D eigenvalue weighted by Crippen LogP contribution is -2.15. The summed E-state index contributed by atoms with van der Waals surface area (Å²) in [5.41, 5.74) is 11.2. The van der Waals surface area contributed by atoms with Gasteiger partial charge in [0.05, 0.1) is 17.4 Å². The zero-order valence-corrected chi connectivity index (χ0v) is 11.2. The van der Waals surface area contributed by atoms with Crippen LogP contribution in [0, 0.1) is 19.3 Å². The van der Waals surface area contributed by atoms with Crippen LogP contribution < -0.4 is 5.73 Å². The Bertz CT molecular complexity index is 579. The molecule has 3 heteroatoms. The number of hydrogen-bond donors (Lipinski definition) is 1. The first-order valence-electron chi connectivity index (χ1n) is 6.76.